The Morgan fingerprint density at radius 2 is 1.94 bits per heavy atom. The van der Waals surface area contributed by atoms with E-state index in [-0.39, 0.29) is 0 Å². The minimum Gasteiger partial charge on any atom is -0.444 e. The summed E-state index contributed by atoms with van der Waals surface area (Å²) in [6, 6.07) is -0.433. The first kappa shape index (κ1) is 15.2. The molecule has 0 aromatic rings. The molecule has 0 aromatic heterocycles. The molecule has 1 unspecified atom stereocenters. The number of hydrogen-bond donors (Lipinski definition) is 1. The highest BCUT2D eigenvalue weighted by molar-refractivity contribution is 7.86. The number of rotatable bonds is 4. The van der Waals surface area contributed by atoms with Gasteiger partial charge in [-0.3, -0.25) is 0 Å². The molecule has 0 heterocycles. The van der Waals surface area contributed by atoms with E-state index in [9.17, 15) is 17.1 Å². The molecular formula is C11H20FNO4S. The third-order valence-electron chi connectivity index (χ3n) is 3.00. The maximum atomic E-state index is 12.7. The van der Waals surface area contributed by atoms with E-state index in [4.69, 9.17) is 4.74 Å². The molecule has 106 valence electrons. The SMILES string of the molecule is CC(NC(=O)OC(C)(C)C)C1(CS(=O)(=O)F)CC1. The monoisotopic (exact) mass is 281 g/mol. The molecule has 1 aliphatic rings. The number of nitrogens with one attached hydrogen (secondary N) is 1. The van der Waals surface area contributed by atoms with Gasteiger partial charge in [0.15, 0.2) is 0 Å². The lowest BCUT2D eigenvalue weighted by molar-refractivity contribution is 0.0489. The molecule has 7 heteroatoms. The second-order valence-electron chi connectivity index (χ2n) is 5.91. The van der Waals surface area contributed by atoms with Crippen molar-refractivity contribution < 1.29 is 21.8 Å². The van der Waals surface area contributed by atoms with Crippen molar-refractivity contribution in [2.45, 2.75) is 52.2 Å². The second-order valence-corrected chi connectivity index (χ2v) is 7.28. The Morgan fingerprint density at radius 3 is 2.28 bits per heavy atom. The molecule has 1 amide bonds. The molecule has 1 aliphatic carbocycles. The van der Waals surface area contributed by atoms with Crippen molar-refractivity contribution in [3.63, 3.8) is 0 Å². The Labute approximate surface area is 107 Å². The van der Waals surface area contributed by atoms with Crippen molar-refractivity contribution in [1.29, 1.82) is 0 Å². The van der Waals surface area contributed by atoms with E-state index in [1.165, 1.54) is 0 Å². The highest BCUT2D eigenvalue weighted by Crippen LogP contribution is 2.50. The van der Waals surface area contributed by atoms with Gasteiger partial charge in [-0.15, -0.1) is 3.89 Å². The first-order chi connectivity index (χ1) is 7.94. The Balaban J connectivity index is 2.56. The molecule has 1 atom stereocenters. The van der Waals surface area contributed by atoms with Crippen LogP contribution in [0.2, 0.25) is 0 Å². The third-order valence-corrected chi connectivity index (χ3v) is 3.92. The van der Waals surface area contributed by atoms with Gasteiger partial charge < -0.3 is 10.1 Å². The second kappa shape index (κ2) is 4.68. The fourth-order valence-electron chi connectivity index (χ4n) is 1.84. The van der Waals surface area contributed by atoms with E-state index in [1.807, 2.05) is 0 Å². The van der Waals surface area contributed by atoms with Gasteiger partial charge in [0.2, 0.25) is 0 Å². The first-order valence-corrected chi connectivity index (χ1v) is 7.41. The average molecular weight is 281 g/mol. The minimum atomic E-state index is -4.53. The quantitative estimate of drug-likeness (QED) is 0.800. The van der Waals surface area contributed by atoms with Gasteiger partial charge in [-0.1, -0.05) is 0 Å². The highest BCUT2D eigenvalue weighted by atomic mass is 32.3. The summed E-state index contributed by atoms with van der Waals surface area (Å²) in [5, 5.41) is 2.57. The van der Waals surface area contributed by atoms with Crippen LogP contribution < -0.4 is 5.32 Å². The summed E-state index contributed by atoms with van der Waals surface area (Å²) in [6.07, 6.45) is 0.567. The Bertz CT molecular complexity index is 423. The summed E-state index contributed by atoms with van der Waals surface area (Å²) in [5.41, 5.74) is -1.29. The first-order valence-electron chi connectivity index (χ1n) is 5.85. The molecular weight excluding hydrogens is 261 g/mol. The van der Waals surface area contributed by atoms with E-state index in [1.54, 1.807) is 27.7 Å². The highest BCUT2D eigenvalue weighted by Gasteiger charge is 2.51. The summed E-state index contributed by atoms with van der Waals surface area (Å²) in [4.78, 5) is 11.5. The van der Waals surface area contributed by atoms with Crippen LogP contribution in [0.4, 0.5) is 8.68 Å². The molecule has 0 saturated heterocycles. The van der Waals surface area contributed by atoms with Crippen LogP contribution in [-0.2, 0) is 15.0 Å². The van der Waals surface area contributed by atoms with E-state index < -0.39 is 39.1 Å². The van der Waals surface area contributed by atoms with Crippen molar-refractivity contribution in [2.24, 2.45) is 5.41 Å². The van der Waals surface area contributed by atoms with Crippen molar-refractivity contribution in [2.75, 3.05) is 5.75 Å². The van der Waals surface area contributed by atoms with Gasteiger partial charge in [0.25, 0.3) is 0 Å². The molecule has 0 spiro atoms. The van der Waals surface area contributed by atoms with Crippen LogP contribution in [0.1, 0.15) is 40.5 Å². The fourth-order valence-corrected chi connectivity index (χ4v) is 3.07. The van der Waals surface area contributed by atoms with E-state index in [2.05, 4.69) is 5.32 Å². The number of carbonyl (C=O) groups is 1. The molecule has 1 N–H and O–H groups in total. The number of halogens is 1. The van der Waals surface area contributed by atoms with Gasteiger partial charge >= 0.3 is 16.3 Å². The van der Waals surface area contributed by atoms with Crippen LogP contribution in [0.15, 0.2) is 0 Å². The van der Waals surface area contributed by atoms with Crippen molar-refractivity contribution in [3.8, 4) is 0 Å². The summed E-state index contributed by atoms with van der Waals surface area (Å²) < 4.78 is 39.2. The predicted octanol–water partition coefficient (Wildman–Crippen LogP) is 1.98. The average Bonchev–Trinajstić information content (AvgIpc) is 2.78. The van der Waals surface area contributed by atoms with E-state index in [0.29, 0.717) is 12.8 Å². The van der Waals surface area contributed by atoms with Gasteiger partial charge in [0.1, 0.15) is 5.60 Å². The maximum absolute atomic E-state index is 12.7. The van der Waals surface area contributed by atoms with Crippen LogP contribution in [0, 0.1) is 5.41 Å². The lowest BCUT2D eigenvalue weighted by atomic mass is 10.0. The van der Waals surface area contributed by atoms with Gasteiger partial charge in [-0.05, 0) is 40.5 Å². The molecule has 0 aliphatic heterocycles. The molecule has 18 heavy (non-hydrogen) atoms. The molecule has 0 aromatic carbocycles. The van der Waals surface area contributed by atoms with Crippen molar-refractivity contribution in [3.05, 3.63) is 0 Å². The van der Waals surface area contributed by atoms with Crippen LogP contribution >= 0.6 is 0 Å². The number of hydrogen-bond acceptors (Lipinski definition) is 4. The molecule has 0 radical (unpaired) electrons. The summed E-state index contributed by atoms with van der Waals surface area (Å²) in [5.74, 6) is -0.545. The van der Waals surface area contributed by atoms with Crippen LogP contribution in [0.25, 0.3) is 0 Å². The lowest BCUT2D eigenvalue weighted by Gasteiger charge is -2.26. The van der Waals surface area contributed by atoms with Gasteiger partial charge in [0.05, 0.1) is 5.75 Å². The van der Waals surface area contributed by atoms with E-state index >= 15 is 0 Å². The predicted molar refractivity (Wildman–Crippen MR) is 65.4 cm³/mol. The zero-order chi connectivity index (χ0) is 14.2. The topological polar surface area (TPSA) is 72.5 Å². The summed E-state index contributed by atoms with van der Waals surface area (Å²) >= 11 is 0. The minimum absolute atomic E-state index is 0.433. The molecule has 0 bridgehead atoms. The molecule has 1 saturated carbocycles. The van der Waals surface area contributed by atoms with Crippen molar-refractivity contribution in [1.82, 2.24) is 5.32 Å². The molecule has 1 rings (SSSR count). The van der Waals surface area contributed by atoms with Crippen molar-refractivity contribution >= 4 is 16.3 Å². The molecule has 1 fully saturated rings. The number of carbonyl (C=O) groups excluding carboxylic acids is 1. The third kappa shape index (κ3) is 4.80. The largest absolute Gasteiger partial charge is 0.444 e. The number of amides is 1. The lowest BCUT2D eigenvalue weighted by Crippen LogP contribution is -2.44. The normalized spacial score (nSPS) is 20.1. The van der Waals surface area contributed by atoms with Crippen LogP contribution in [-0.4, -0.2) is 31.9 Å². The van der Waals surface area contributed by atoms with E-state index in [0.717, 1.165) is 0 Å². The summed E-state index contributed by atoms with van der Waals surface area (Å²) in [7, 11) is -4.53. The summed E-state index contributed by atoms with van der Waals surface area (Å²) in [6.45, 7) is 6.87. The van der Waals surface area contributed by atoms with Crippen LogP contribution in [0.5, 0.6) is 0 Å². The molecule has 5 nitrogen and oxygen atoms in total. The Kier molecular flexibility index (Phi) is 3.95. The zero-order valence-electron chi connectivity index (χ0n) is 11.1. The van der Waals surface area contributed by atoms with Gasteiger partial charge in [-0.25, -0.2) is 4.79 Å². The maximum Gasteiger partial charge on any atom is 0.407 e. The number of ether oxygens (including phenoxy) is 1. The standard InChI is InChI=1S/C11H20FNO4S/c1-8(13-9(14)17-10(2,3)4)11(5-6-11)7-18(12,15)16/h8H,5-7H2,1-4H3,(H,13,14). The Morgan fingerprint density at radius 1 is 1.44 bits per heavy atom. The van der Waals surface area contributed by atoms with Gasteiger partial charge in [-0.2, -0.15) is 8.42 Å². The number of alkyl carbamates (subject to hydrolysis) is 1. The zero-order valence-corrected chi connectivity index (χ0v) is 11.9. The smallest absolute Gasteiger partial charge is 0.407 e. The van der Waals surface area contributed by atoms with Crippen LogP contribution in [0.3, 0.4) is 0 Å². The Hall–Kier alpha value is -0.850. The fraction of sp³-hybridized carbons (Fsp3) is 0.909. The van der Waals surface area contributed by atoms with Gasteiger partial charge in [0, 0.05) is 11.5 Å².